The molecule has 3 N–H and O–H groups in total. The average Bonchev–Trinajstić information content (AvgIpc) is 3.68. The number of hydrogen-bond acceptors (Lipinski definition) is 9. The molecule has 4 saturated carbocycles. The van der Waals surface area contributed by atoms with Crippen molar-refractivity contribution in [1.29, 1.82) is 0 Å². The number of carbonyl (C=O) groups excluding carboxylic acids is 2. The van der Waals surface area contributed by atoms with Gasteiger partial charge in [0.1, 0.15) is 6.10 Å². The number of nitrogens with zero attached hydrogens (tertiary/aromatic N) is 2. The summed E-state index contributed by atoms with van der Waals surface area (Å²) in [4.78, 5) is 25.4. The molecule has 47 heavy (non-hydrogen) atoms. The van der Waals surface area contributed by atoms with Crippen molar-refractivity contribution in [2.75, 3.05) is 5.32 Å². The fourth-order valence-electron chi connectivity index (χ4n) is 12.1. The van der Waals surface area contributed by atoms with Crippen LogP contribution in [-0.4, -0.2) is 61.8 Å². The third-order valence-electron chi connectivity index (χ3n) is 14.7. The lowest BCUT2D eigenvalue weighted by molar-refractivity contribution is -0.251. The Morgan fingerprint density at radius 1 is 0.979 bits per heavy atom. The highest BCUT2D eigenvalue weighted by molar-refractivity contribution is 9.11. The number of hydrogen-bond donors (Lipinski definition) is 3. The van der Waals surface area contributed by atoms with Gasteiger partial charge in [-0.25, -0.2) is 0 Å². The number of aliphatic hydroxyl groups excluding tert-OH is 1. The molecular formula is C36H56BrN3O6S. The van der Waals surface area contributed by atoms with Crippen molar-refractivity contribution in [2.45, 2.75) is 156 Å². The number of fused-ring (bicyclic) bond motifs is 5. The number of rotatable bonds is 7. The van der Waals surface area contributed by atoms with E-state index in [1.165, 1.54) is 11.3 Å². The van der Waals surface area contributed by atoms with Gasteiger partial charge in [0.25, 0.3) is 0 Å². The third-order valence-corrected chi connectivity index (χ3v) is 16.0. The number of nitrogens with one attached hydrogen (secondary N) is 1. The molecule has 2 heterocycles. The van der Waals surface area contributed by atoms with E-state index in [-0.39, 0.29) is 76.0 Å². The van der Waals surface area contributed by atoms with E-state index >= 15 is 0 Å². The largest absolute Gasteiger partial charge is 0.462 e. The van der Waals surface area contributed by atoms with E-state index in [0.717, 1.165) is 57.8 Å². The Labute approximate surface area is 292 Å². The summed E-state index contributed by atoms with van der Waals surface area (Å²) in [6.07, 6.45) is 7.89. The number of aliphatic hydroxyl groups is 2. The molecule has 6 rings (SSSR count). The molecule has 1 aromatic rings. The fraction of sp³-hybridized carbons (Fsp3) is 0.889. The number of ether oxygens (including phenoxy) is 2. The highest BCUT2D eigenvalue weighted by atomic mass is 79.9. The Balaban J connectivity index is 1.15. The van der Waals surface area contributed by atoms with Crippen molar-refractivity contribution in [3.63, 3.8) is 0 Å². The Morgan fingerprint density at radius 3 is 2.32 bits per heavy atom. The van der Waals surface area contributed by atoms with Crippen LogP contribution >= 0.6 is 27.3 Å². The van der Waals surface area contributed by atoms with Crippen LogP contribution in [0.15, 0.2) is 3.92 Å². The predicted molar refractivity (Wildman–Crippen MR) is 185 cm³/mol. The minimum absolute atomic E-state index is 0.00796. The Morgan fingerprint density at radius 2 is 1.68 bits per heavy atom. The molecule has 0 radical (unpaired) electrons. The first-order valence-electron chi connectivity index (χ1n) is 17.8. The Hall–Kier alpha value is -1.14. The summed E-state index contributed by atoms with van der Waals surface area (Å²) in [6.45, 7) is 17.9. The van der Waals surface area contributed by atoms with Crippen LogP contribution < -0.4 is 5.32 Å². The SMILES string of the molecule is CC(C)(O)[C@@H]1CC[C@@](C)(C2CC[C@]3(C)[C@@H]2[C@H](O)C[C@@H]2[C@@]4(C)CC[C@H](OC(=O)CCC(=O)Nc5nnc(Br)s5)C(C)(C)[C@@H]4CC[C@]23C)O1. The molecule has 1 unspecified atom stereocenters. The third kappa shape index (κ3) is 5.83. The van der Waals surface area contributed by atoms with Gasteiger partial charge in [0.15, 0.2) is 3.92 Å². The van der Waals surface area contributed by atoms with Gasteiger partial charge in [-0.1, -0.05) is 46.0 Å². The van der Waals surface area contributed by atoms with Crippen LogP contribution in [0.25, 0.3) is 0 Å². The molecule has 9 nitrogen and oxygen atoms in total. The molecule has 11 heteroatoms. The van der Waals surface area contributed by atoms with Crippen molar-refractivity contribution in [1.82, 2.24) is 10.2 Å². The van der Waals surface area contributed by atoms with Gasteiger partial charge in [0.05, 0.1) is 29.8 Å². The number of aromatic nitrogens is 2. The molecule has 11 atom stereocenters. The summed E-state index contributed by atoms with van der Waals surface area (Å²) in [5.74, 6) is 0.542. The van der Waals surface area contributed by atoms with Crippen LogP contribution in [0.1, 0.15) is 126 Å². The molecule has 1 amide bonds. The molecule has 1 aromatic heterocycles. The van der Waals surface area contributed by atoms with E-state index < -0.39 is 11.7 Å². The first-order chi connectivity index (χ1) is 21.7. The van der Waals surface area contributed by atoms with Crippen molar-refractivity contribution in [3.8, 4) is 0 Å². The van der Waals surface area contributed by atoms with E-state index in [2.05, 4.69) is 73.0 Å². The molecular weight excluding hydrogens is 682 g/mol. The van der Waals surface area contributed by atoms with Crippen LogP contribution in [0.2, 0.25) is 0 Å². The summed E-state index contributed by atoms with van der Waals surface area (Å²) in [7, 11) is 0. The fourth-order valence-corrected chi connectivity index (χ4v) is 13.2. The highest BCUT2D eigenvalue weighted by Gasteiger charge is 2.72. The summed E-state index contributed by atoms with van der Waals surface area (Å²) in [5, 5.41) is 33.7. The first-order valence-corrected chi connectivity index (χ1v) is 19.4. The smallest absolute Gasteiger partial charge is 0.306 e. The first kappa shape index (κ1) is 35.7. The van der Waals surface area contributed by atoms with Gasteiger partial charge in [-0.2, -0.15) is 0 Å². The zero-order valence-electron chi connectivity index (χ0n) is 29.5. The maximum atomic E-state index is 13.0. The minimum atomic E-state index is -0.874. The lowest BCUT2D eigenvalue weighted by Gasteiger charge is -2.70. The Bertz CT molecular complexity index is 1380. The van der Waals surface area contributed by atoms with E-state index in [1.807, 2.05) is 13.8 Å². The zero-order valence-corrected chi connectivity index (χ0v) is 31.9. The number of carbonyl (C=O) groups is 2. The van der Waals surface area contributed by atoms with Gasteiger partial charge in [-0.3, -0.25) is 9.59 Å². The lowest BCUT2D eigenvalue weighted by Crippen LogP contribution is -2.66. The maximum absolute atomic E-state index is 13.0. The topological polar surface area (TPSA) is 131 Å². The van der Waals surface area contributed by atoms with Crippen LogP contribution in [0, 0.1) is 45.3 Å². The Kier molecular flexibility index (Phi) is 9.10. The van der Waals surface area contributed by atoms with Crippen molar-refractivity contribution in [3.05, 3.63) is 3.92 Å². The second-order valence-corrected chi connectivity index (χ2v) is 20.1. The highest BCUT2D eigenvalue weighted by Crippen LogP contribution is 2.76. The summed E-state index contributed by atoms with van der Waals surface area (Å²) < 4.78 is 13.5. The lowest BCUT2D eigenvalue weighted by atomic mass is 9.35. The second-order valence-electron chi connectivity index (χ2n) is 17.8. The van der Waals surface area contributed by atoms with Gasteiger partial charge in [0.2, 0.25) is 11.0 Å². The molecule has 1 aliphatic heterocycles. The molecule has 5 aliphatic rings. The van der Waals surface area contributed by atoms with E-state index in [0.29, 0.717) is 20.9 Å². The van der Waals surface area contributed by atoms with Gasteiger partial charge in [-0.15, -0.1) is 10.2 Å². The monoisotopic (exact) mass is 737 g/mol. The standard InChI is InChI=1S/C36H56BrN3O6S/c1-31(2)22-12-17-34(6)23(19-21(41)28-20(11-16-35(28,34)7)36(8)18-14-25(46-36)32(3,4)44)33(22,5)15-13-24(31)45-27(43)10-9-26(42)38-30-40-39-29(37)47-30/h20-25,28,41,44H,9-19H2,1-8H3,(H,38,40,42)/t20?,21-,22+,23-,24+,25+,28+,33+,34-,35-,36+/m1/s1. The molecule has 5 fully saturated rings. The van der Waals surface area contributed by atoms with Crippen LogP contribution in [-0.2, 0) is 19.1 Å². The molecule has 1 saturated heterocycles. The van der Waals surface area contributed by atoms with Crippen LogP contribution in [0.3, 0.4) is 0 Å². The molecule has 0 bridgehead atoms. The van der Waals surface area contributed by atoms with Crippen molar-refractivity contribution in [2.24, 2.45) is 45.3 Å². The quantitative estimate of drug-likeness (QED) is 0.249. The van der Waals surface area contributed by atoms with Gasteiger partial charge in [0, 0.05) is 11.8 Å². The van der Waals surface area contributed by atoms with E-state index in [9.17, 15) is 19.8 Å². The minimum Gasteiger partial charge on any atom is -0.462 e. The van der Waals surface area contributed by atoms with E-state index in [4.69, 9.17) is 9.47 Å². The number of amides is 1. The summed E-state index contributed by atoms with van der Waals surface area (Å²) in [5.41, 5.74) is -1.35. The normalized spacial score (nSPS) is 44.3. The van der Waals surface area contributed by atoms with Gasteiger partial charge in [-0.05, 0) is 134 Å². The van der Waals surface area contributed by atoms with Crippen molar-refractivity contribution >= 4 is 44.3 Å². The van der Waals surface area contributed by atoms with E-state index in [1.54, 1.807) is 0 Å². The number of esters is 1. The number of halogens is 1. The van der Waals surface area contributed by atoms with Gasteiger partial charge >= 0.3 is 5.97 Å². The zero-order chi connectivity index (χ0) is 34.4. The molecule has 0 aromatic carbocycles. The molecule has 264 valence electrons. The number of anilines is 1. The van der Waals surface area contributed by atoms with Crippen molar-refractivity contribution < 1.29 is 29.3 Å². The second kappa shape index (κ2) is 12.0. The molecule has 4 aliphatic carbocycles. The summed E-state index contributed by atoms with van der Waals surface area (Å²) in [6, 6.07) is 0. The molecule has 0 spiro atoms. The maximum Gasteiger partial charge on any atom is 0.306 e. The predicted octanol–water partition coefficient (Wildman–Crippen LogP) is 7.30. The van der Waals surface area contributed by atoms with Crippen LogP contribution in [0.5, 0.6) is 0 Å². The van der Waals surface area contributed by atoms with Crippen LogP contribution in [0.4, 0.5) is 5.13 Å². The van der Waals surface area contributed by atoms with Gasteiger partial charge < -0.3 is 25.0 Å². The average molecular weight is 739 g/mol. The summed E-state index contributed by atoms with van der Waals surface area (Å²) >= 11 is 4.46.